The molecule has 0 radical (unpaired) electrons. The number of aromatic nitrogens is 1. The molecule has 90 valence electrons. The van der Waals surface area contributed by atoms with Crippen LogP contribution >= 0.6 is 11.3 Å². The Morgan fingerprint density at radius 1 is 1.69 bits per heavy atom. The highest BCUT2D eigenvalue weighted by atomic mass is 32.1. The number of hydrogen-bond acceptors (Lipinski definition) is 5. The third-order valence-corrected chi connectivity index (χ3v) is 3.44. The summed E-state index contributed by atoms with van der Waals surface area (Å²) in [7, 11) is 0. The van der Waals surface area contributed by atoms with Gasteiger partial charge in [-0.3, -0.25) is 0 Å². The van der Waals surface area contributed by atoms with E-state index < -0.39 is 0 Å². The number of nitrogens with one attached hydrogen (secondary N) is 2. The van der Waals surface area contributed by atoms with Crippen LogP contribution in [0.3, 0.4) is 0 Å². The average molecular weight is 241 g/mol. The highest BCUT2D eigenvalue weighted by Gasteiger charge is 2.11. The second-order valence-corrected chi connectivity index (χ2v) is 5.10. The molecule has 1 atom stereocenters. The summed E-state index contributed by atoms with van der Waals surface area (Å²) in [6.45, 7) is 6.64. The summed E-state index contributed by atoms with van der Waals surface area (Å²) in [5, 5.41) is 10.1. The lowest BCUT2D eigenvalue weighted by Gasteiger charge is -2.23. The van der Waals surface area contributed by atoms with Gasteiger partial charge in [0.15, 0.2) is 0 Å². The maximum Gasteiger partial charge on any atom is 0.0897 e. The van der Waals surface area contributed by atoms with E-state index in [-0.39, 0.29) is 0 Å². The van der Waals surface area contributed by atoms with E-state index in [2.05, 4.69) is 21.0 Å². The molecule has 2 N–H and O–H groups in total. The molecule has 0 amide bonds. The fourth-order valence-corrected chi connectivity index (χ4v) is 2.41. The van der Waals surface area contributed by atoms with Crippen molar-refractivity contribution in [3.63, 3.8) is 0 Å². The lowest BCUT2D eigenvalue weighted by molar-refractivity contribution is 0.0768. The SMILES string of the molecule is Cc1nc(CCNCC2COCCN2)cs1. The maximum atomic E-state index is 5.39. The molecule has 1 aromatic heterocycles. The first-order chi connectivity index (χ1) is 7.84. The van der Waals surface area contributed by atoms with Crippen molar-refractivity contribution in [2.24, 2.45) is 0 Å². The summed E-state index contributed by atoms with van der Waals surface area (Å²) in [6, 6.07) is 0.464. The summed E-state index contributed by atoms with van der Waals surface area (Å²) in [5.41, 5.74) is 1.20. The molecule has 0 bridgehead atoms. The van der Waals surface area contributed by atoms with E-state index in [0.717, 1.165) is 44.3 Å². The van der Waals surface area contributed by atoms with Crippen molar-refractivity contribution in [2.75, 3.05) is 32.8 Å². The van der Waals surface area contributed by atoms with Crippen LogP contribution in [0.25, 0.3) is 0 Å². The Kier molecular flexibility index (Phi) is 4.71. The molecule has 1 aliphatic heterocycles. The first-order valence-electron chi connectivity index (χ1n) is 5.77. The van der Waals surface area contributed by atoms with Crippen LogP contribution < -0.4 is 10.6 Å². The molecule has 4 nitrogen and oxygen atoms in total. The van der Waals surface area contributed by atoms with Crippen LogP contribution in [0.5, 0.6) is 0 Å². The van der Waals surface area contributed by atoms with Gasteiger partial charge in [0.05, 0.1) is 23.9 Å². The Hall–Kier alpha value is -0.490. The van der Waals surface area contributed by atoms with Gasteiger partial charge in [0, 0.05) is 37.5 Å². The van der Waals surface area contributed by atoms with Gasteiger partial charge < -0.3 is 15.4 Å². The molecule has 1 unspecified atom stereocenters. The molecule has 0 saturated carbocycles. The third-order valence-electron chi connectivity index (χ3n) is 2.61. The molecule has 16 heavy (non-hydrogen) atoms. The number of rotatable bonds is 5. The normalized spacial score (nSPS) is 21.2. The van der Waals surface area contributed by atoms with Gasteiger partial charge in [0.1, 0.15) is 0 Å². The number of morpholine rings is 1. The quantitative estimate of drug-likeness (QED) is 0.740. The summed E-state index contributed by atoms with van der Waals surface area (Å²) < 4.78 is 5.39. The second-order valence-electron chi connectivity index (χ2n) is 4.04. The van der Waals surface area contributed by atoms with Crippen molar-refractivity contribution in [3.8, 4) is 0 Å². The van der Waals surface area contributed by atoms with Gasteiger partial charge in [-0.05, 0) is 6.92 Å². The van der Waals surface area contributed by atoms with Crippen molar-refractivity contribution in [1.82, 2.24) is 15.6 Å². The van der Waals surface area contributed by atoms with Crippen LogP contribution in [-0.4, -0.2) is 43.9 Å². The van der Waals surface area contributed by atoms with Crippen LogP contribution in [0.4, 0.5) is 0 Å². The molecule has 2 rings (SSSR count). The van der Waals surface area contributed by atoms with E-state index >= 15 is 0 Å². The molecular weight excluding hydrogens is 222 g/mol. The van der Waals surface area contributed by atoms with Crippen LogP contribution in [-0.2, 0) is 11.2 Å². The van der Waals surface area contributed by atoms with Crippen molar-refractivity contribution in [1.29, 1.82) is 0 Å². The zero-order valence-corrected chi connectivity index (χ0v) is 10.5. The second kappa shape index (κ2) is 6.30. The monoisotopic (exact) mass is 241 g/mol. The molecule has 5 heteroatoms. The van der Waals surface area contributed by atoms with E-state index in [1.54, 1.807) is 11.3 Å². The van der Waals surface area contributed by atoms with Gasteiger partial charge in [0.25, 0.3) is 0 Å². The van der Waals surface area contributed by atoms with Crippen LogP contribution in [0.15, 0.2) is 5.38 Å². The number of hydrogen-bond donors (Lipinski definition) is 2. The standard InChI is InChI=1S/C11H19N3OS/c1-9-14-10(8-16-9)2-3-12-6-11-7-15-5-4-13-11/h8,11-13H,2-7H2,1H3. The largest absolute Gasteiger partial charge is 0.378 e. The Balaban J connectivity index is 1.57. The smallest absolute Gasteiger partial charge is 0.0897 e. The highest BCUT2D eigenvalue weighted by molar-refractivity contribution is 7.09. The minimum Gasteiger partial charge on any atom is -0.378 e. The molecule has 1 saturated heterocycles. The molecule has 1 aromatic rings. The lowest BCUT2D eigenvalue weighted by Crippen LogP contribution is -2.47. The fraction of sp³-hybridized carbons (Fsp3) is 0.727. The predicted octanol–water partition coefficient (Wildman–Crippen LogP) is 0.572. The van der Waals surface area contributed by atoms with Crippen molar-refractivity contribution < 1.29 is 4.74 Å². The first kappa shape index (κ1) is 12.0. The van der Waals surface area contributed by atoms with Gasteiger partial charge in [-0.2, -0.15) is 0 Å². The predicted molar refractivity (Wildman–Crippen MR) is 66.0 cm³/mol. The van der Waals surface area contributed by atoms with E-state index in [9.17, 15) is 0 Å². The van der Waals surface area contributed by atoms with E-state index in [0.29, 0.717) is 6.04 Å². The minimum atomic E-state index is 0.464. The maximum absolute atomic E-state index is 5.39. The topological polar surface area (TPSA) is 46.2 Å². The van der Waals surface area contributed by atoms with Gasteiger partial charge in [-0.1, -0.05) is 0 Å². The Labute approximate surface area is 100 Å². The Morgan fingerprint density at radius 3 is 3.31 bits per heavy atom. The third kappa shape index (κ3) is 3.83. The number of nitrogens with zero attached hydrogens (tertiary/aromatic N) is 1. The molecule has 0 aromatic carbocycles. The minimum absolute atomic E-state index is 0.464. The van der Waals surface area contributed by atoms with Crippen LogP contribution in [0, 0.1) is 6.92 Å². The van der Waals surface area contributed by atoms with Crippen LogP contribution in [0.2, 0.25) is 0 Å². The molecule has 0 aliphatic carbocycles. The zero-order valence-electron chi connectivity index (χ0n) is 9.66. The van der Waals surface area contributed by atoms with E-state index in [1.807, 2.05) is 6.92 Å². The van der Waals surface area contributed by atoms with Gasteiger partial charge in [-0.15, -0.1) is 11.3 Å². The van der Waals surface area contributed by atoms with Gasteiger partial charge in [-0.25, -0.2) is 4.98 Å². The summed E-state index contributed by atoms with van der Waals surface area (Å²) in [4.78, 5) is 4.43. The number of thiazole rings is 1. The van der Waals surface area contributed by atoms with Gasteiger partial charge in [0.2, 0.25) is 0 Å². The Bertz CT molecular complexity index is 310. The van der Waals surface area contributed by atoms with E-state index in [4.69, 9.17) is 4.74 Å². The van der Waals surface area contributed by atoms with Crippen LogP contribution in [0.1, 0.15) is 10.7 Å². The molecule has 2 heterocycles. The summed E-state index contributed by atoms with van der Waals surface area (Å²) >= 11 is 1.72. The Morgan fingerprint density at radius 2 is 2.62 bits per heavy atom. The fourth-order valence-electron chi connectivity index (χ4n) is 1.77. The number of aryl methyl sites for hydroxylation is 1. The van der Waals surface area contributed by atoms with Crippen molar-refractivity contribution in [2.45, 2.75) is 19.4 Å². The number of ether oxygens (including phenoxy) is 1. The molecule has 1 fully saturated rings. The van der Waals surface area contributed by atoms with Gasteiger partial charge >= 0.3 is 0 Å². The first-order valence-corrected chi connectivity index (χ1v) is 6.65. The summed E-state index contributed by atoms with van der Waals surface area (Å²) in [6.07, 6.45) is 1.01. The van der Waals surface area contributed by atoms with E-state index in [1.165, 1.54) is 5.69 Å². The highest BCUT2D eigenvalue weighted by Crippen LogP contribution is 2.07. The molecule has 0 spiro atoms. The molecule has 1 aliphatic rings. The summed E-state index contributed by atoms with van der Waals surface area (Å²) in [5.74, 6) is 0. The average Bonchev–Trinajstić information content (AvgIpc) is 2.72. The van der Waals surface area contributed by atoms with Crippen molar-refractivity contribution >= 4 is 11.3 Å². The zero-order chi connectivity index (χ0) is 11.2. The molecular formula is C11H19N3OS. The van der Waals surface area contributed by atoms with Crippen molar-refractivity contribution in [3.05, 3.63) is 16.1 Å². The lowest BCUT2D eigenvalue weighted by atomic mass is 10.2.